The summed E-state index contributed by atoms with van der Waals surface area (Å²) in [5, 5.41) is 0. The molecule has 0 unspecified atom stereocenters. The normalized spacial score (nSPS) is 10.3. The van der Waals surface area contributed by atoms with Crippen molar-refractivity contribution in [3.8, 4) is 11.1 Å². The maximum atomic E-state index is 12.5. The van der Waals surface area contributed by atoms with Crippen molar-refractivity contribution in [3.63, 3.8) is 0 Å². The number of ketones is 1. The Balaban J connectivity index is 1.97. The molecular weight excluding hydrogens is 256 g/mol. The fourth-order valence-corrected chi connectivity index (χ4v) is 2.34. The lowest BCUT2D eigenvalue weighted by atomic mass is 9.98. The number of hydrogen-bond donors (Lipinski definition) is 0. The van der Waals surface area contributed by atoms with Gasteiger partial charge in [-0.1, -0.05) is 78.4 Å². The van der Waals surface area contributed by atoms with Gasteiger partial charge in [-0.15, -0.1) is 0 Å². The molecule has 102 valence electrons. The highest BCUT2D eigenvalue weighted by atomic mass is 16.1. The molecular formula is C20H16O. The monoisotopic (exact) mass is 272 g/mol. The molecule has 0 saturated carbocycles. The van der Waals surface area contributed by atoms with E-state index in [-0.39, 0.29) is 5.78 Å². The molecule has 3 aromatic rings. The van der Waals surface area contributed by atoms with Crippen LogP contribution in [0.25, 0.3) is 11.1 Å². The highest BCUT2D eigenvalue weighted by Gasteiger charge is 2.09. The third kappa shape index (κ3) is 2.92. The first-order chi connectivity index (χ1) is 10.2. The van der Waals surface area contributed by atoms with Crippen molar-refractivity contribution in [2.45, 2.75) is 6.92 Å². The molecule has 3 rings (SSSR count). The Morgan fingerprint density at radius 3 is 2.05 bits per heavy atom. The lowest BCUT2D eigenvalue weighted by molar-refractivity contribution is 0.103. The van der Waals surface area contributed by atoms with Crippen LogP contribution in [0.15, 0.2) is 78.9 Å². The van der Waals surface area contributed by atoms with Gasteiger partial charge >= 0.3 is 0 Å². The molecule has 0 saturated heterocycles. The summed E-state index contributed by atoms with van der Waals surface area (Å²) in [6.45, 7) is 2.07. The molecule has 0 aliphatic rings. The summed E-state index contributed by atoms with van der Waals surface area (Å²) in [7, 11) is 0. The van der Waals surface area contributed by atoms with Crippen molar-refractivity contribution in [1.82, 2.24) is 0 Å². The maximum Gasteiger partial charge on any atom is 0.193 e. The SMILES string of the molecule is Cc1ccc(-c2cccc(C(=O)c3ccccc3)c2)cc1. The lowest BCUT2D eigenvalue weighted by Gasteiger charge is -2.06. The molecule has 0 aliphatic carbocycles. The molecule has 0 radical (unpaired) electrons. The molecule has 1 nitrogen and oxygen atoms in total. The Labute approximate surface area is 124 Å². The van der Waals surface area contributed by atoms with Crippen molar-refractivity contribution in [1.29, 1.82) is 0 Å². The Bertz CT molecular complexity index is 755. The van der Waals surface area contributed by atoms with E-state index in [0.717, 1.165) is 22.3 Å². The van der Waals surface area contributed by atoms with Crippen LogP contribution in [-0.4, -0.2) is 5.78 Å². The zero-order valence-electron chi connectivity index (χ0n) is 11.9. The van der Waals surface area contributed by atoms with Crippen LogP contribution >= 0.6 is 0 Å². The number of hydrogen-bond acceptors (Lipinski definition) is 1. The predicted molar refractivity (Wildman–Crippen MR) is 86.5 cm³/mol. The second-order valence-electron chi connectivity index (χ2n) is 5.14. The van der Waals surface area contributed by atoms with Gasteiger partial charge in [0.05, 0.1) is 0 Å². The largest absolute Gasteiger partial charge is 0.289 e. The van der Waals surface area contributed by atoms with Gasteiger partial charge in [0.1, 0.15) is 0 Å². The predicted octanol–water partition coefficient (Wildman–Crippen LogP) is 4.89. The van der Waals surface area contributed by atoms with Crippen LogP contribution in [0.4, 0.5) is 0 Å². The lowest BCUT2D eigenvalue weighted by Crippen LogP contribution is -2.00. The Morgan fingerprint density at radius 2 is 1.33 bits per heavy atom. The van der Waals surface area contributed by atoms with Gasteiger partial charge in [-0.3, -0.25) is 4.79 Å². The van der Waals surface area contributed by atoms with E-state index in [2.05, 4.69) is 31.2 Å². The third-order valence-corrected chi connectivity index (χ3v) is 3.55. The third-order valence-electron chi connectivity index (χ3n) is 3.55. The Hall–Kier alpha value is -2.67. The van der Waals surface area contributed by atoms with Gasteiger partial charge in [-0.2, -0.15) is 0 Å². The molecule has 21 heavy (non-hydrogen) atoms. The molecule has 0 aromatic heterocycles. The average Bonchev–Trinajstić information content (AvgIpc) is 2.56. The first kappa shape index (κ1) is 13.3. The van der Waals surface area contributed by atoms with Gasteiger partial charge in [-0.25, -0.2) is 0 Å². The quantitative estimate of drug-likeness (QED) is 0.620. The van der Waals surface area contributed by atoms with E-state index < -0.39 is 0 Å². The van der Waals surface area contributed by atoms with Crippen LogP contribution in [0.3, 0.4) is 0 Å². The highest BCUT2D eigenvalue weighted by molar-refractivity contribution is 6.09. The minimum absolute atomic E-state index is 0.0598. The van der Waals surface area contributed by atoms with Crippen molar-refractivity contribution in [2.24, 2.45) is 0 Å². The summed E-state index contributed by atoms with van der Waals surface area (Å²) in [6.07, 6.45) is 0. The van der Waals surface area contributed by atoms with Crippen molar-refractivity contribution >= 4 is 5.78 Å². The Kier molecular flexibility index (Phi) is 3.65. The van der Waals surface area contributed by atoms with Gasteiger partial charge < -0.3 is 0 Å². The fraction of sp³-hybridized carbons (Fsp3) is 0.0500. The molecule has 0 amide bonds. The molecule has 0 bridgehead atoms. The average molecular weight is 272 g/mol. The van der Waals surface area contributed by atoms with E-state index in [0.29, 0.717) is 0 Å². The maximum absolute atomic E-state index is 12.5. The summed E-state index contributed by atoms with van der Waals surface area (Å²) >= 11 is 0. The standard InChI is InChI=1S/C20H16O/c1-15-10-12-16(13-11-15)18-8-5-9-19(14-18)20(21)17-6-3-2-4-7-17/h2-14H,1H3. The Morgan fingerprint density at radius 1 is 0.667 bits per heavy atom. The second-order valence-corrected chi connectivity index (χ2v) is 5.14. The highest BCUT2D eigenvalue weighted by Crippen LogP contribution is 2.22. The van der Waals surface area contributed by atoms with Crippen LogP contribution in [-0.2, 0) is 0 Å². The van der Waals surface area contributed by atoms with Gasteiger partial charge in [0.15, 0.2) is 5.78 Å². The van der Waals surface area contributed by atoms with Crippen LogP contribution in [0.5, 0.6) is 0 Å². The zero-order valence-corrected chi connectivity index (χ0v) is 11.9. The molecule has 3 aromatic carbocycles. The molecule has 1 heteroatoms. The topological polar surface area (TPSA) is 17.1 Å². The second kappa shape index (κ2) is 5.76. The van der Waals surface area contributed by atoms with Crippen molar-refractivity contribution < 1.29 is 4.79 Å². The van der Waals surface area contributed by atoms with E-state index >= 15 is 0 Å². The number of benzene rings is 3. The summed E-state index contributed by atoms with van der Waals surface area (Å²) in [5.41, 5.74) is 4.87. The van der Waals surface area contributed by atoms with E-state index in [1.807, 2.05) is 54.6 Å². The van der Waals surface area contributed by atoms with Crippen molar-refractivity contribution in [2.75, 3.05) is 0 Å². The summed E-state index contributed by atoms with van der Waals surface area (Å²) in [5.74, 6) is 0.0598. The molecule has 0 N–H and O–H groups in total. The zero-order chi connectivity index (χ0) is 14.7. The summed E-state index contributed by atoms with van der Waals surface area (Å²) in [6, 6.07) is 25.5. The number of carbonyl (C=O) groups excluding carboxylic acids is 1. The van der Waals surface area contributed by atoms with Gasteiger partial charge in [0, 0.05) is 11.1 Å². The van der Waals surface area contributed by atoms with E-state index in [1.165, 1.54) is 5.56 Å². The number of rotatable bonds is 3. The van der Waals surface area contributed by atoms with Gasteiger partial charge in [-0.05, 0) is 24.1 Å². The van der Waals surface area contributed by atoms with E-state index in [1.54, 1.807) is 0 Å². The van der Waals surface area contributed by atoms with Crippen LogP contribution in [0, 0.1) is 6.92 Å². The molecule has 0 atom stereocenters. The van der Waals surface area contributed by atoms with Crippen molar-refractivity contribution in [3.05, 3.63) is 95.6 Å². The minimum atomic E-state index is 0.0598. The van der Waals surface area contributed by atoms with Crippen LogP contribution < -0.4 is 0 Å². The smallest absolute Gasteiger partial charge is 0.193 e. The summed E-state index contributed by atoms with van der Waals surface area (Å²) in [4.78, 5) is 12.5. The number of aryl methyl sites for hydroxylation is 1. The fourth-order valence-electron chi connectivity index (χ4n) is 2.34. The first-order valence-electron chi connectivity index (χ1n) is 7.01. The van der Waals surface area contributed by atoms with Gasteiger partial charge in [0.2, 0.25) is 0 Å². The van der Waals surface area contributed by atoms with Gasteiger partial charge in [0.25, 0.3) is 0 Å². The molecule has 0 aliphatic heterocycles. The summed E-state index contributed by atoms with van der Waals surface area (Å²) < 4.78 is 0. The van der Waals surface area contributed by atoms with E-state index in [4.69, 9.17) is 0 Å². The van der Waals surface area contributed by atoms with E-state index in [9.17, 15) is 4.79 Å². The van der Waals surface area contributed by atoms with Crippen LogP contribution in [0.2, 0.25) is 0 Å². The molecule has 0 fully saturated rings. The minimum Gasteiger partial charge on any atom is -0.289 e. The van der Waals surface area contributed by atoms with Crippen LogP contribution in [0.1, 0.15) is 21.5 Å². The molecule has 0 heterocycles. The molecule has 0 spiro atoms. The number of carbonyl (C=O) groups is 1. The first-order valence-corrected chi connectivity index (χ1v) is 7.01.